The minimum Gasteiger partial charge on any atom is -0.422 e. The van der Waals surface area contributed by atoms with Crippen LogP contribution in [0.1, 0.15) is 22.3 Å². The number of hydrogen-bond acceptors (Lipinski definition) is 5. The molecule has 1 N–H and O–H groups in total. The van der Waals surface area contributed by atoms with E-state index >= 15 is 0 Å². The molecule has 1 atom stereocenters. The van der Waals surface area contributed by atoms with Gasteiger partial charge in [0.05, 0.1) is 0 Å². The first-order valence-electron chi connectivity index (χ1n) is 8.91. The Morgan fingerprint density at radius 3 is 2.76 bits per heavy atom. The number of aryl methyl sites for hydroxylation is 1. The minimum atomic E-state index is -0.535. The number of piperazine rings is 1. The summed E-state index contributed by atoms with van der Waals surface area (Å²) in [7, 11) is 0. The quantitative estimate of drug-likeness (QED) is 0.832. The highest BCUT2D eigenvalue weighted by molar-refractivity contribution is 5.99. The SMILES string of the molecule is Cc1c(C(=O)N2CCC(N3CCNCC3)C2)c(=O)oc2ccccc12. The summed E-state index contributed by atoms with van der Waals surface area (Å²) in [6.45, 7) is 7.24. The van der Waals surface area contributed by atoms with Gasteiger partial charge in [-0.1, -0.05) is 18.2 Å². The van der Waals surface area contributed by atoms with Gasteiger partial charge in [-0.3, -0.25) is 9.69 Å². The lowest BCUT2D eigenvalue weighted by atomic mass is 10.1. The fourth-order valence-corrected chi connectivity index (χ4v) is 3.98. The van der Waals surface area contributed by atoms with Gasteiger partial charge in [0.15, 0.2) is 0 Å². The van der Waals surface area contributed by atoms with E-state index in [0.29, 0.717) is 30.3 Å². The van der Waals surface area contributed by atoms with Gasteiger partial charge in [0, 0.05) is 50.7 Å². The highest BCUT2D eigenvalue weighted by atomic mass is 16.4. The Morgan fingerprint density at radius 2 is 1.96 bits per heavy atom. The first-order valence-corrected chi connectivity index (χ1v) is 8.91. The Balaban J connectivity index is 1.59. The summed E-state index contributed by atoms with van der Waals surface area (Å²) in [5, 5.41) is 4.18. The van der Waals surface area contributed by atoms with Crippen LogP contribution < -0.4 is 10.9 Å². The van der Waals surface area contributed by atoms with Gasteiger partial charge in [0.1, 0.15) is 11.1 Å². The molecule has 0 aliphatic carbocycles. The predicted molar refractivity (Wildman–Crippen MR) is 96.0 cm³/mol. The Kier molecular flexibility index (Phi) is 4.31. The Bertz CT molecular complexity index is 855. The van der Waals surface area contributed by atoms with Crippen molar-refractivity contribution in [1.82, 2.24) is 15.1 Å². The van der Waals surface area contributed by atoms with Gasteiger partial charge >= 0.3 is 5.63 Å². The summed E-state index contributed by atoms with van der Waals surface area (Å²) in [5.41, 5.74) is 0.885. The van der Waals surface area contributed by atoms with Crippen molar-refractivity contribution in [2.75, 3.05) is 39.3 Å². The molecule has 6 nitrogen and oxygen atoms in total. The van der Waals surface area contributed by atoms with Gasteiger partial charge in [-0.25, -0.2) is 4.79 Å². The van der Waals surface area contributed by atoms with E-state index in [2.05, 4.69) is 10.2 Å². The van der Waals surface area contributed by atoms with Crippen LogP contribution in [0.2, 0.25) is 0 Å². The number of fused-ring (bicyclic) bond motifs is 1. The van der Waals surface area contributed by atoms with Crippen LogP contribution in [0.15, 0.2) is 33.5 Å². The van der Waals surface area contributed by atoms with E-state index < -0.39 is 5.63 Å². The second-order valence-corrected chi connectivity index (χ2v) is 6.87. The van der Waals surface area contributed by atoms with Gasteiger partial charge in [-0.15, -0.1) is 0 Å². The summed E-state index contributed by atoms with van der Waals surface area (Å²) in [6, 6.07) is 7.75. The molecule has 2 aliphatic rings. The molecule has 0 bridgehead atoms. The number of likely N-dealkylation sites (tertiary alicyclic amines) is 1. The number of nitrogens with zero attached hydrogens (tertiary/aromatic N) is 2. The smallest absolute Gasteiger partial charge is 0.349 e. The van der Waals surface area contributed by atoms with Crippen molar-refractivity contribution in [2.24, 2.45) is 0 Å². The maximum absolute atomic E-state index is 13.0. The fourth-order valence-electron chi connectivity index (χ4n) is 3.98. The van der Waals surface area contributed by atoms with Gasteiger partial charge in [0.2, 0.25) is 0 Å². The standard InChI is InChI=1S/C19H23N3O3/c1-13-15-4-2-3-5-16(15)25-19(24)17(13)18(23)22-9-6-14(12-22)21-10-7-20-8-11-21/h2-5,14,20H,6-12H2,1H3. The Hall–Kier alpha value is -2.18. The largest absolute Gasteiger partial charge is 0.422 e. The van der Waals surface area contributed by atoms with Crippen molar-refractivity contribution in [3.63, 3.8) is 0 Å². The lowest BCUT2D eigenvalue weighted by Crippen LogP contribution is -2.49. The molecule has 0 radical (unpaired) electrons. The van der Waals surface area contributed by atoms with Crippen molar-refractivity contribution < 1.29 is 9.21 Å². The van der Waals surface area contributed by atoms with Crippen LogP contribution in [0.5, 0.6) is 0 Å². The molecular formula is C19H23N3O3. The highest BCUT2D eigenvalue weighted by Gasteiger charge is 2.33. The normalized spacial score (nSPS) is 21.8. The van der Waals surface area contributed by atoms with E-state index in [1.807, 2.05) is 25.1 Å². The molecule has 2 aliphatic heterocycles. The zero-order valence-electron chi connectivity index (χ0n) is 14.5. The maximum Gasteiger partial charge on any atom is 0.349 e. The molecule has 2 aromatic rings. The molecule has 1 amide bonds. The van der Waals surface area contributed by atoms with Crippen molar-refractivity contribution in [3.05, 3.63) is 45.8 Å². The molecule has 2 fully saturated rings. The molecule has 2 saturated heterocycles. The van der Waals surface area contributed by atoms with Crippen molar-refractivity contribution >= 4 is 16.9 Å². The average molecular weight is 341 g/mol. The summed E-state index contributed by atoms with van der Waals surface area (Å²) in [6.07, 6.45) is 0.962. The van der Waals surface area contributed by atoms with Crippen LogP contribution in [0.4, 0.5) is 0 Å². The third-order valence-electron chi connectivity index (χ3n) is 5.41. The third-order valence-corrected chi connectivity index (χ3v) is 5.41. The molecule has 3 heterocycles. The molecular weight excluding hydrogens is 318 g/mol. The van der Waals surface area contributed by atoms with Crippen LogP contribution in [-0.2, 0) is 0 Å². The molecule has 0 spiro atoms. The van der Waals surface area contributed by atoms with E-state index in [-0.39, 0.29) is 11.5 Å². The van der Waals surface area contributed by atoms with Crippen molar-refractivity contribution in [3.8, 4) is 0 Å². The van der Waals surface area contributed by atoms with Crippen molar-refractivity contribution in [2.45, 2.75) is 19.4 Å². The maximum atomic E-state index is 13.0. The van der Waals surface area contributed by atoms with E-state index in [1.165, 1.54) is 0 Å². The van der Waals surface area contributed by atoms with E-state index in [4.69, 9.17) is 4.42 Å². The van der Waals surface area contributed by atoms with Crippen LogP contribution in [0, 0.1) is 6.92 Å². The first kappa shape index (κ1) is 16.3. The molecule has 4 rings (SSSR count). The Labute approximate surface area is 146 Å². The Morgan fingerprint density at radius 1 is 1.20 bits per heavy atom. The average Bonchev–Trinajstić information content (AvgIpc) is 3.12. The molecule has 1 unspecified atom stereocenters. The molecule has 1 aromatic carbocycles. The predicted octanol–water partition coefficient (Wildman–Crippen LogP) is 1.22. The second kappa shape index (κ2) is 6.61. The lowest BCUT2D eigenvalue weighted by Gasteiger charge is -2.32. The lowest BCUT2D eigenvalue weighted by molar-refractivity contribution is 0.0768. The van der Waals surface area contributed by atoms with Gasteiger partial charge in [-0.2, -0.15) is 0 Å². The summed E-state index contributed by atoms with van der Waals surface area (Å²) >= 11 is 0. The first-order chi connectivity index (χ1) is 12.1. The van der Waals surface area contributed by atoms with Crippen LogP contribution in [0.3, 0.4) is 0 Å². The second-order valence-electron chi connectivity index (χ2n) is 6.87. The fraction of sp³-hybridized carbons (Fsp3) is 0.474. The van der Waals surface area contributed by atoms with Crippen LogP contribution >= 0.6 is 0 Å². The molecule has 1 aromatic heterocycles. The zero-order chi connectivity index (χ0) is 17.4. The monoisotopic (exact) mass is 341 g/mol. The number of rotatable bonds is 2. The molecule has 0 saturated carbocycles. The summed E-state index contributed by atoms with van der Waals surface area (Å²) < 4.78 is 5.38. The highest BCUT2D eigenvalue weighted by Crippen LogP contribution is 2.23. The summed E-state index contributed by atoms with van der Waals surface area (Å²) in [4.78, 5) is 29.6. The van der Waals surface area contributed by atoms with Gasteiger partial charge in [0.25, 0.3) is 5.91 Å². The van der Waals surface area contributed by atoms with E-state index in [0.717, 1.165) is 38.0 Å². The van der Waals surface area contributed by atoms with E-state index in [9.17, 15) is 9.59 Å². The molecule has 132 valence electrons. The number of hydrogen-bond donors (Lipinski definition) is 1. The van der Waals surface area contributed by atoms with Gasteiger partial charge < -0.3 is 14.6 Å². The van der Waals surface area contributed by atoms with Crippen LogP contribution in [-0.4, -0.2) is 61.0 Å². The molecule has 6 heteroatoms. The topological polar surface area (TPSA) is 65.8 Å². The molecule has 25 heavy (non-hydrogen) atoms. The van der Waals surface area contributed by atoms with E-state index in [1.54, 1.807) is 11.0 Å². The summed E-state index contributed by atoms with van der Waals surface area (Å²) in [5.74, 6) is -0.199. The number of para-hydroxylation sites is 1. The number of carbonyl (C=O) groups is 1. The third kappa shape index (κ3) is 2.96. The number of carbonyl (C=O) groups excluding carboxylic acids is 1. The number of nitrogens with one attached hydrogen (secondary N) is 1. The number of amides is 1. The number of benzene rings is 1. The minimum absolute atomic E-state index is 0.180. The van der Waals surface area contributed by atoms with Crippen molar-refractivity contribution in [1.29, 1.82) is 0 Å². The van der Waals surface area contributed by atoms with Crippen LogP contribution in [0.25, 0.3) is 11.0 Å². The van der Waals surface area contributed by atoms with Gasteiger partial charge in [-0.05, 0) is 25.0 Å². The zero-order valence-corrected chi connectivity index (χ0v) is 14.5.